The Kier molecular flexibility index (Phi) is 4.25. The fraction of sp³-hybridized carbons (Fsp3) is 0.333. The Morgan fingerprint density at radius 2 is 2.00 bits per heavy atom. The highest BCUT2D eigenvalue weighted by Crippen LogP contribution is 2.30. The summed E-state index contributed by atoms with van der Waals surface area (Å²) in [6.07, 6.45) is 0.549. The third kappa shape index (κ3) is 3.55. The van der Waals surface area contributed by atoms with E-state index >= 15 is 0 Å². The Morgan fingerprint density at radius 1 is 1.33 bits per heavy atom. The molecule has 0 saturated heterocycles. The first kappa shape index (κ1) is 12.6. The van der Waals surface area contributed by atoms with Crippen molar-refractivity contribution in [3.8, 4) is 0 Å². The minimum atomic E-state index is -3.32. The Labute approximate surface area is 99.4 Å². The van der Waals surface area contributed by atoms with Gasteiger partial charge in [0.1, 0.15) is 0 Å². The molecule has 0 amide bonds. The zero-order valence-corrected chi connectivity index (χ0v) is 10.5. The zero-order chi connectivity index (χ0) is 11.5. The molecule has 0 atom stereocenters. The van der Waals surface area contributed by atoms with Crippen molar-refractivity contribution in [3.63, 3.8) is 0 Å². The summed E-state index contributed by atoms with van der Waals surface area (Å²) in [5.74, 6) is 0.0653. The highest BCUT2D eigenvalue weighted by atomic mass is 35.5. The van der Waals surface area contributed by atoms with Gasteiger partial charge >= 0.3 is 0 Å². The molecule has 6 heteroatoms. The molecule has 1 rings (SSSR count). The molecule has 0 aliphatic rings. The van der Waals surface area contributed by atoms with Crippen LogP contribution in [0.3, 0.4) is 0 Å². The smallest absolute Gasteiger partial charge is 0.232 e. The van der Waals surface area contributed by atoms with Gasteiger partial charge in [-0.1, -0.05) is 36.2 Å². The van der Waals surface area contributed by atoms with E-state index in [-0.39, 0.29) is 10.8 Å². The first-order chi connectivity index (χ1) is 6.96. The number of nitrogens with one attached hydrogen (secondary N) is 1. The lowest BCUT2D eigenvalue weighted by Crippen LogP contribution is -2.16. The summed E-state index contributed by atoms with van der Waals surface area (Å²) in [4.78, 5) is 0. The Morgan fingerprint density at radius 3 is 2.60 bits per heavy atom. The molecule has 0 aliphatic carbocycles. The van der Waals surface area contributed by atoms with Crippen molar-refractivity contribution in [2.24, 2.45) is 0 Å². The van der Waals surface area contributed by atoms with Crippen molar-refractivity contribution in [3.05, 3.63) is 28.2 Å². The third-order valence-corrected chi connectivity index (χ3v) is 3.99. The molecule has 0 unspecified atom stereocenters. The molecule has 0 bridgehead atoms. The van der Waals surface area contributed by atoms with Crippen LogP contribution in [-0.2, 0) is 10.0 Å². The van der Waals surface area contributed by atoms with Gasteiger partial charge in [0.15, 0.2) is 0 Å². The van der Waals surface area contributed by atoms with E-state index in [1.165, 1.54) is 0 Å². The van der Waals surface area contributed by atoms with Crippen LogP contribution in [0, 0.1) is 0 Å². The average Bonchev–Trinajstić information content (AvgIpc) is 2.12. The molecular formula is C9H11Cl2NO2S. The molecule has 0 spiro atoms. The Balaban J connectivity index is 2.95. The van der Waals surface area contributed by atoms with Crippen LogP contribution in [0.4, 0.5) is 5.69 Å². The predicted octanol–water partition coefficient (Wildman–Crippen LogP) is 3.15. The Hall–Kier alpha value is -0.450. The van der Waals surface area contributed by atoms with Gasteiger partial charge in [-0.25, -0.2) is 8.42 Å². The molecule has 0 aromatic heterocycles. The van der Waals surface area contributed by atoms with E-state index in [4.69, 9.17) is 23.2 Å². The highest BCUT2D eigenvalue weighted by Gasteiger charge is 2.12. The lowest BCUT2D eigenvalue weighted by molar-refractivity contribution is 0.600. The van der Waals surface area contributed by atoms with E-state index in [0.717, 1.165) is 0 Å². The van der Waals surface area contributed by atoms with E-state index in [0.29, 0.717) is 17.1 Å². The summed E-state index contributed by atoms with van der Waals surface area (Å²) in [6.45, 7) is 1.79. The van der Waals surface area contributed by atoms with Crippen LogP contribution in [0.25, 0.3) is 0 Å². The SMILES string of the molecule is CCCS(=O)(=O)Nc1cccc(Cl)c1Cl. The largest absolute Gasteiger partial charge is 0.282 e. The molecule has 15 heavy (non-hydrogen) atoms. The number of rotatable bonds is 4. The molecular weight excluding hydrogens is 257 g/mol. The summed E-state index contributed by atoms with van der Waals surface area (Å²) in [6, 6.07) is 4.81. The maximum absolute atomic E-state index is 11.5. The summed E-state index contributed by atoms with van der Waals surface area (Å²) < 4.78 is 25.3. The average molecular weight is 268 g/mol. The minimum Gasteiger partial charge on any atom is -0.282 e. The maximum Gasteiger partial charge on any atom is 0.232 e. The second kappa shape index (κ2) is 5.05. The standard InChI is InChI=1S/C9H11Cl2NO2S/c1-2-6-15(13,14)12-8-5-3-4-7(10)9(8)11/h3-5,12H,2,6H2,1H3. The van der Waals surface area contributed by atoms with Crippen molar-refractivity contribution < 1.29 is 8.42 Å². The maximum atomic E-state index is 11.5. The summed E-state index contributed by atoms with van der Waals surface area (Å²) in [5.41, 5.74) is 0.317. The van der Waals surface area contributed by atoms with Gasteiger partial charge < -0.3 is 0 Å². The van der Waals surface area contributed by atoms with E-state index in [1.807, 2.05) is 0 Å². The second-order valence-electron chi connectivity index (χ2n) is 3.02. The van der Waals surface area contributed by atoms with Gasteiger partial charge in [0.25, 0.3) is 0 Å². The molecule has 1 aromatic rings. The number of halogens is 2. The fourth-order valence-corrected chi connectivity index (χ4v) is 2.62. The summed E-state index contributed by atoms with van der Waals surface area (Å²) in [7, 11) is -3.32. The van der Waals surface area contributed by atoms with Crippen LogP contribution in [0.15, 0.2) is 18.2 Å². The molecule has 0 heterocycles. The monoisotopic (exact) mass is 267 g/mol. The normalized spacial score (nSPS) is 11.4. The van der Waals surface area contributed by atoms with Crippen LogP contribution in [0.2, 0.25) is 10.0 Å². The molecule has 0 aliphatic heterocycles. The highest BCUT2D eigenvalue weighted by molar-refractivity contribution is 7.92. The molecule has 0 radical (unpaired) electrons. The fourth-order valence-electron chi connectivity index (χ4n) is 1.07. The van der Waals surface area contributed by atoms with Crippen molar-refractivity contribution >= 4 is 38.9 Å². The van der Waals surface area contributed by atoms with Gasteiger partial charge in [-0.05, 0) is 18.6 Å². The number of hydrogen-bond acceptors (Lipinski definition) is 2. The molecule has 0 fully saturated rings. The predicted molar refractivity (Wildman–Crippen MR) is 64.2 cm³/mol. The number of anilines is 1. The second-order valence-corrected chi connectivity index (χ2v) is 5.65. The molecule has 1 N–H and O–H groups in total. The minimum absolute atomic E-state index is 0.0653. The van der Waals surface area contributed by atoms with Gasteiger partial charge in [0.2, 0.25) is 10.0 Å². The van der Waals surface area contributed by atoms with Gasteiger partial charge in [0.05, 0.1) is 21.5 Å². The van der Waals surface area contributed by atoms with Gasteiger partial charge in [-0.2, -0.15) is 0 Å². The zero-order valence-electron chi connectivity index (χ0n) is 8.13. The van der Waals surface area contributed by atoms with Crippen LogP contribution >= 0.6 is 23.2 Å². The van der Waals surface area contributed by atoms with E-state index < -0.39 is 10.0 Å². The van der Waals surface area contributed by atoms with Gasteiger partial charge in [-0.15, -0.1) is 0 Å². The summed E-state index contributed by atoms with van der Waals surface area (Å²) >= 11 is 11.6. The van der Waals surface area contributed by atoms with Crippen molar-refractivity contribution in [2.45, 2.75) is 13.3 Å². The molecule has 3 nitrogen and oxygen atoms in total. The van der Waals surface area contributed by atoms with Crippen molar-refractivity contribution in [1.29, 1.82) is 0 Å². The van der Waals surface area contributed by atoms with E-state index in [2.05, 4.69) is 4.72 Å². The first-order valence-corrected chi connectivity index (χ1v) is 6.81. The molecule has 1 aromatic carbocycles. The van der Waals surface area contributed by atoms with Gasteiger partial charge in [-0.3, -0.25) is 4.72 Å². The molecule has 84 valence electrons. The number of hydrogen-bond donors (Lipinski definition) is 1. The van der Waals surface area contributed by atoms with Gasteiger partial charge in [0, 0.05) is 0 Å². The number of benzene rings is 1. The van der Waals surface area contributed by atoms with Crippen LogP contribution < -0.4 is 4.72 Å². The van der Waals surface area contributed by atoms with Crippen LogP contribution in [0.5, 0.6) is 0 Å². The quantitative estimate of drug-likeness (QED) is 0.911. The van der Waals surface area contributed by atoms with Crippen LogP contribution in [0.1, 0.15) is 13.3 Å². The van der Waals surface area contributed by atoms with Crippen LogP contribution in [-0.4, -0.2) is 14.2 Å². The lowest BCUT2D eigenvalue weighted by Gasteiger charge is -2.09. The first-order valence-electron chi connectivity index (χ1n) is 4.41. The topological polar surface area (TPSA) is 46.2 Å². The van der Waals surface area contributed by atoms with Crippen molar-refractivity contribution in [2.75, 3.05) is 10.5 Å². The summed E-state index contributed by atoms with van der Waals surface area (Å²) in [5, 5.41) is 0.548. The van der Waals surface area contributed by atoms with E-state index in [9.17, 15) is 8.42 Å². The van der Waals surface area contributed by atoms with Crippen molar-refractivity contribution in [1.82, 2.24) is 0 Å². The third-order valence-electron chi connectivity index (χ3n) is 1.69. The van der Waals surface area contributed by atoms with E-state index in [1.54, 1.807) is 25.1 Å². The lowest BCUT2D eigenvalue weighted by atomic mass is 10.3. The number of sulfonamides is 1. The Bertz CT molecular complexity index is 445. The molecule has 0 saturated carbocycles.